The number of imidazole rings is 1. The van der Waals surface area contributed by atoms with E-state index < -0.39 is 0 Å². The Bertz CT molecular complexity index is 658. The Morgan fingerprint density at radius 2 is 2.19 bits per heavy atom. The van der Waals surface area contributed by atoms with Gasteiger partial charge in [0.15, 0.2) is 5.96 Å². The molecule has 1 heterocycles. The van der Waals surface area contributed by atoms with Crippen LogP contribution in [-0.4, -0.2) is 35.1 Å². The van der Waals surface area contributed by atoms with Crippen LogP contribution in [-0.2, 0) is 6.54 Å². The maximum Gasteiger partial charge on any atom is 0.191 e. The lowest BCUT2D eigenvalue weighted by Crippen LogP contribution is -2.40. The first-order chi connectivity index (χ1) is 10.2. The van der Waals surface area contributed by atoms with Crippen molar-refractivity contribution < 1.29 is 0 Å². The topological polar surface area (TPSA) is 54.2 Å². The molecule has 1 aliphatic carbocycles. The average Bonchev–Trinajstić information content (AvgIpc) is 3.08. The third-order valence-corrected chi connectivity index (χ3v) is 4.13. The number of hydrogen-bond donors (Lipinski definition) is 2. The van der Waals surface area contributed by atoms with Gasteiger partial charge in [-0.05, 0) is 31.4 Å². The van der Waals surface area contributed by atoms with E-state index in [0.29, 0.717) is 6.04 Å². The second-order valence-corrected chi connectivity index (χ2v) is 5.76. The predicted octanol–water partition coefficient (Wildman–Crippen LogP) is 1.92. The maximum atomic E-state index is 4.59. The van der Waals surface area contributed by atoms with Gasteiger partial charge in [0.1, 0.15) is 5.82 Å². The number of guanidine groups is 1. The van der Waals surface area contributed by atoms with Crippen molar-refractivity contribution in [2.24, 2.45) is 10.9 Å². The van der Waals surface area contributed by atoms with Crippen molar-refractivity contribution in [3.8, 4) is 0 Å². The molecule has 1 aromatic carbocycles. The highest BCUT2D eigenvalue weighted by molar-refractivity contribution is 5.80. The predicted molar refractivity (Wildman–Crippen MR) is 86.5 cm³/mol. The molecule has 21 heavy (non-hydrogen) atoms. The van der Waals surface area contributed by atoms with Gasteiger partial charge in [0.2, 0.25) is 0 Å². The van der Waals surface area contributed by atoms with Gasteiger partial charge in [-0.1, -0.05) is 19.1 Å². The quantitative estimate of drug-likeness (QED) is 0.666. The van der Waals surface area contributed by atoms with E-state index in [1.54, 1.807) is 0 Å². The van der Waals surface area contributed by atoms with Gasteiger partial charge in [0, 0.05) is 26.2 Å². The van der Waals surface area contributed by atoms with Crippen LogP contribution in [0, 0.1) is 12.8 Å². The van der Waals surface area contributed by atoms with Crippen LogP contribution in [0.3, 0.4) is 0 Å². The molecule has 1 fully saturated rings. The number of rotatable bonds is 4. The highest BCUT2D eigenvalue weighted by Crippen LogP contribution is 2.28. The Morgan fingerprint density at radius 3 is 2.90 bits per heavy atom. The Balaban J connectivity index is 1.60. The lowest BCUT2D eigenvalue weighted by Gasteiger charge is -2.13. The first-order valence-corrected chi connectivity index (χ1v) is 7.58. The lowest BCUT2D eigenvalue weighted by atomic mass is 10.3. The van der Waals surface area contributed by atoms with E-state index in [1.807, 2.05) is 13.1 Å². The number of aryl methyl sites for hydroxylation is 1. The molecule has 0 bridgehead atoms. The summed E-state index contributed by atoms with van der Waals surface area (Å²) < 4.78 is 2.25. The monoisotopic (exact) mass is 285 g/mol. The fourth-order valence-electron chi connectivity index (χ4n) is 2.66. The minimum Gasteiger partial charge on any atom is -0.355 e. The normalized spacial score (nSPS) is 21.6. The molecule has 5 nitrogen and oxygen atoms in total. The van der Waals surface area contributed by atoms with Gasteiger partial charge >= 0.3 is 0 Å². The van der Waals surface area contributed by atoms with E-state index in [9.17, 15) is 0 Å². The molecule has 0 radical (unpaired) electrons. The minimum atomic E-state index is 0.590. The summed E-state index contributed by atoms with van der Waals surface area (Å²) in [5.74, 6) is 2.71. The standard InChI is InChI=1S/C16H23N5/c1-11-10-14(11)20-16(17-3)18-8-9-21-12(2)19-13-6-4-5-7-15(13)21/h4-7,11,14H,8-10H2,1-3H3,(H2,17,18,20). The minimum absolute atomic E-state index is 0.590. The highest BCUT2D eigenvalue weighted by atomic mass is 15.2. The number of aromatic nitrogens is 2. The van der Waals surface area contributed by atoms with Crippen molar-refractivity contribution in [1.29, 1.82) is 0 Å². The summed E-state index contributed by atoms with van der Waals surface area (Å²) in [7, 11) is 1.82. The number of benzene rings is 1. The number of nitrogens with one attached hydrogen (secondary N) is 2. The largest absolute Gasteiger partial charge is 0.355 e. The maximum absolute atomic E-state index is 4.59. The van der Waals surface area contributed by atoms with Crippen molar-refractivity contribution in [1.82, 2.24) is 20.2 Å². The molecule has 112 valence electrons. The zero-order chi connectivity index (χ0) is 14.8. The molecule has 0 saturated heterocycles. The molecule has 2 unspecified atom stereocenters. The van der Waals surface area contributed by atoms with Gasteiger partial charge in [-0.2, -0.15) is 0 Å². The first kappa shape index (κ1) is 13.9. The molecule has 0 amide bonds. The van der Waals surface area contributed by atoms with Gasteiger partial charge in [-0.3, -0.25) is 4.99 Å². The second kappa shape index (κ2) is 5.76. The molecule has 0 aliphatic heterocycles. The molecule has 1 saturated carbocycles. The summed E-state index contributed by atoms with van der Waals surface area (Å²) in [6.07, 6.45) is 1.24. The smallest absolute Gasteiger partial charge is 0.191 e. The van der Waals surface area contributed by atoms with E-state index in [1.165, 1.54) is 11.9 Å². The van der Waals surface area contributed by atoms with E-state index in [4.69, 9.17) is 0 Å². The van der Waals surface area contributed by atoms with Gasteiger partial charge in [0.25, 0.3) is 0 Å². The summed E-state index contributed by atoms with van der Waals surface area (Å²) in [5.41, 5.74) is 2.25. The van der Waals surface area contributed by atoms with E-state index in [-0.39, 0.29) is 0 Å². The molecule has 1 aliphatic rings. The molecule has 2 aromatic rings. The van der Waals surface area contributed by atoms with Gasteiger partial charge in [-0.15, -0.1) is 0 Å². The summed E-state index contributed by atoms with van der Waals surface area (Å²) >= 11 is 0. The van der Waals surface area contributed by atoms with E-state index in [2.05, 4.69) is 57.2 Å². The third kappa shape index (κ3) is 3.01. The van der Waals surface area contributed by atoms with E-state index >= 15 is 0 Å². The third-order valence-electron chi connectivity index (χ3n) is 4.13. The molecule has 3 rings (SSSR count). The van der Waals surface area contributed by atoms with Crippen LogP contribution in [0.25, 0.3) is 11.0 Å². The molecular formula is C16H23N5. The molecule has 1 aromatic heterocycles. The number of nitrogens with zero attached hydrogens (tertiary/aromatic N) is 3. The number of hydrogen-bond acceptors (Lipinski definition) is 2. The summed E-state index contributed by atoms with van der Waals surface area (Å²) in [6, 6.07) is 8.85. The fraction of sp³-hybridized carbons (Fsp3) is 0.500. The van der Waals surface area contributed by atoms with Crippen LogP contribution in [0.15, 0.2) is 29.3 Å². The number of fused-ring (bicyclic) bond motifs is 1. The molecule has 5 heteroatoms. The first-order valence-electron chi connectivity index (χ1n) is 7.58. The summed E-state index contributed by atoms with van der Waals surface area (Å²) in [4.78, 5) is 8.86. The van der Waals surface area contributed by atoms with Gasteiger partial charge in [-0.25, -0.2) is 4.98 Å². The molecule has 2 N–H and O–H groups in total. The number of para-hydroxylation sites is 2. The summed E-state index contributed by atoms with van der Waals surface area (Å²) in [5, 5.41) is 6.82. The second-order valence-electron chi connectivity index (χ2n) is 5.76. The van der Waals surface area contributed by atoms with Crippen molar-refractivity contribution >= 4 is 17.0 Å². The lowest BCUT2D eigenvalue weighted by molar-refractivity contribution is 0.656. The van der Waals surface area contributed by atoms with Crippen molar-refractivity contribution in [3.05, 3.63) is 30.1 Å². The van der Waals surface area contributed by atoms with Gasteiger partial charge in [0.05, 0.1) is 11.0 Å². The van der Waals surface area contributed by atoms with Crippen molar-refractivity contribution in [2.75, 3.05) is 13.6 Å². The van der Waals surface area contributed by atoms with E-state index in [0.717, 1.165) is 36.3 Å². The Labute approximate surface area is 125 Å². The molecular weight excluding hydrogens is 262 g/mol. The SMILES string of the molecule is CN=C(NCCn1c(C)nc2ccccc21)NC1CC1C. The zero-order valence-electron chi connectivity index (χ0n) is 12.9. The van der Waals surface area contributed by atoms with Gasteiger partial charge < -0.3 is 15.2 Å². The molecule has 0 spiro atoms. The molecule has 2 atom stereocenters. The summed E-state index contributed by atoms with van der Waals surface area (Å²) in [6.45, 7) is 6.03. The highest BCUT2D eigenvalue weighted by Gasteiger charge is 2.33. The Hall–Kier alpha value is -2.04. The number of aliphatic imine (C=N–C) groups is 1. The fourth-order valence-corrected chi connectivity index (χ4v) is 2.66. The Kier molecular flexibility index (Phi) is 3.82. The van der Waals surface area contributed by atoms with Crippen LogP contribution in [0.1, 0.15) is 19.2 Å². The zero-order valence-corrected chi connectivity index (χ0v) is 12.9. The van der Waals surface area contributed by atoms with Crippen LogP contribution in [0.5, 0.6) is 0 Å². The average molecular weight is 285 g/mol. The van der Waals surface area contributed by atoms with Crippen LogP contribution in [0.2, 0.25) is 0 Å². The van der Waals surface area contributed by atoms with Crippen molar-refractivity contribution in [3.63, 3.8) is 0 Å². The van der Waals surface area contributed by atoms with Crippen molar-refractivity contribution in [2.45, 2.75) is 32.9 Å². The van der Waals surface area contributed by atoms with Crippen LogP contribution in [0.4, 0.5) is 0 Å². The van der Waals surface area contributed by atoms with Crippen LogP contribution < -0.4 is 10.6 Å². The van der Waals surface area contributed by atoms with Crippen LogP contribution >= 0.6 is 0 Å². The Morgan fingerprint density at radius 1 is 1.43 bits per heavy atom.